The molecule has 0 amide bonds. The lowest BCUT2D eigenvalue weighted by atomic mass is 10.1. The van der Waals surface area contributed by atoms with E-state index in [1.165, 1.54) is 23.9 Å². The van der Waals surface area contributed by atoms with E-state index in [0.29, 0.717) is 23.0 Å². The first-order valence-corrected chi connectivity index (χ1v) is 10.2. The van der Waals surface area contributed by atoms with Crippen molar-refractivity contribution in [3.63, 3.8) is 0 Å². The van der Waals surface area contributed by atoms with Gasteiger partial charge in [0.05, 0.1) is 16.8 Å². The Bertz CT molecular complexity index is 1050. The molecule has 0 saturated carbocycles. The molecule has 0 atom stereocenters. The smallest absolute Gasteiger partial charge is 0.262 e. The van der Waals surface area contributed by atoms with Crippen LogP contribution in [0.15, 0.2) is 71.8 Å². The van der Waals surface area contributed by atoms with E-state index in [9.17, 15) is 8.42 Å². The van der Waals surface area contributed by atoms with Crippen LogP contribution in [0.5, 0.6) is 11.5 Å². The highest BCUT2D eigenvalue weighted by atomic mass is 32.2. The zero-order valence-corrected chi connectivity index (χ0v) is 15.8. The van der Waals surface area contributed by atoms with Crippen molar-refractivity contribution in [2.75, 3.05) is 23.4 Å². The molecule has 144 valence electrons. The number of benzene rings is 2. The van der Waals surface area contributed by atoms with E-state index in [-0.39, 0.29) is 11.7 Å². The summed E-state index contributed by atoms with van der Waals surface area (Å²) in [5.41, 5.74) is 1.62. The fraction of sp³-hybridized carbons (Fsp3) is 0.150. The van der Waals surface area contributed by atoms with Crippen LogP contribution in [0, 0.1) is 0 Å². The number of rotatable bonds is 7. The van der Waals surface area contributed by atoms with Gasteiger partial charge < -0.3 is 14.8 Å². The molecule has 0 spiro atoms. The van der Waals surface area contributed by atoms with Crippen LogP contribution in [0.3, 0.4) is 0 Å². The number of hydrogen-bond donors (Lipinski definition) is 2. The fourth-order valence-electron chi connectivity index (χ4n) is 2.80. The lowest BCUT2D eigenvalue weighted by Crippen LogP contribution is -2.13. The second-order valence-electron chi connectivity index (χ2n) is 6.22. The van der Waals surface area contributed by atoms with Gasteiger partial charge in [0.25, 0.3) is 10.0 Å². The summed E-state index contributed by atoms with van der Waals surface area (Å²) < 4.78 is 38.1. The summed E-state index contributed by atoms with van der Waals surface area (Å²) in [6, 6.07) is 18.1. The molecule has 4 rings (SSSR count). The average Bonchev–Trinajstić information content (AvgIpc) is 3.18. The molecule has 2 heterocycles. The molecule has 7 nitrogen and oxygen atoms in total. The van der Waals surface area contributed by atoms with Crippen molar-refractivity contribution in [3.05, 3.63) is 72.4 Å². The molecule has 28 heavy (non-hydrogen) atoms. The zero-order chi connectivity index (χ0) is 19.4. The first kappa shape index (κ1) is 18.1. The van der Waals surface area contributed by atoms with E-state index in [4.69, 9.17) is 9.47 Å². The van der Waals surface area contributed by atoms with E-state index in [0.717, 1.165) is 13.0 Å². The first-order chi connectivity index (χ1) is 13.6. The summed E-state index contributed by atoms with van der Waals surface area (Å²) in [5, 5.41) is 3.22. The summed E-state index contributed by atoms with van der Waals surface area (Å²) >= 11 is 0. The Balaban J connectivity index is 1.37. The van der Waals surface area contributed by atoms with Gasteiger partial charge in [-0.2, -0.15) is 0 Å². The van der Waals surface area contributed by atoms with Crippen LogP contribution in [0.1, 0.15) is 5.56 Å². The normalized spacial score (nSPS) is 12.6. The number of sulfonamides is 1. The van der Waals surface area contributed by atoms with Crippen LogP contribution in [0.2, 0.25) is 0 Å². The maximum atomic E-state index is 12.6. The van der Waals surface area contributed by atoms with Gasteiger partial charge in [-0.15, -0.1) is 0 Å². The van der Waals surface area contributed by atoms with Crippen LogP contribution in [-0.2, 0) is 16.4 Å². The molecule has 3 aromatic rings. The Morgan fingerprint density at radius 3 is 2.57 bits per heavy atom. The molecule has 1 aliphatic rings. The average molecular weight is 397 g/mol. The molecule has 2 aromatic carbocycles. The molecule has 2 N–H and O–H groups in total. The molecule has 1 aliphatic heterocycles. The van der Waals surface area contributed by atoms with E-state index >= 15 is 0 Å². The topological polar surface area (TPSA) is 89.6 Å². The molecule has 0 saturated heterocycles. The predicted molar refractivity (Wildman–Crippen MR) is 106 cm³/mol. The van der Waals surface area contributed by atoms with E-state index < -0.39 is 10.0 Å². The van der Waals surface area contributed by atoms with Crippen LogP contribution >= 0.6 is 0 Å². The predicted octanol–water partition coefficient (Wildman–Crippen LogP) is 3.27. The van der Waals surface area contributed by atoms with Crippen molar-refractivity contribution < 1.29 is 17.9 Å². The van der Waals surface area contributed by atoms with Gasteiger partial charge in [-0.3, -0.25) is 4.72 Å². The van der Waals surface area contributed by atoms with Gasteiger partial charge in [0, 0.05) is 12.6 Å². The SMILES string of the molecule is O=S(=O)(Nc1ccc(NCCc2ccccc2)nc1)c1ccc2c(c1)OCO2. The van der Waals surface area contributed by atoms with Crippen molar-refractivity contribution in [2.24, 2.45) is 0 Å². The van der Waals surface area contributed by atoms with Crippen LogP contribution in [0.4, 0.5) is 11.5 Å². The Kier molecular flexibility index (Phi) is 5.03. The Labute approximate surface area is 163 Å². The molecular formula is C20H19N3O4S. The van der Waals surface area contributed by atoms with Gasteiger partial charge in [-0.05, 0) is 36.2 Å². The number of aromatic nitrogens is 1. The molecule has 0 unspecified atom stereocenters. The third-order valence-electron chi connectivity index (χ3n) is 4.23. The highest BCUT2D eigenvalue weighted by molar-refractivity contribution is 7.92. The molecular weight excluding hydrogens is 378 g/mol. The molecule has 0 fully saturated rings. The zero-order valence-electron chi connectivity index (χ0n) is 15.0. The van der Waals surface area contributed by atoms with Crippen molar-refractivity contribution in [1.29, 1.82) is 0 Å². The van der Waals surface area contributed by atoms with E-state index in [2.05, 4.69) is 27.2 Å². The number of pyridine rings is 1. The van der Waals surface area contributed by atoms with Crippen molar-refractivity contribution in [3.8, 4) is 11.5 Å². The Morgan fingerprint density at radius 1 is 0.964 bits per heavy atom. The second-order valence-corrected chi connectivity index (χ2v) is 7.90. The van der Waals surface area contributed by atoms with Crippen molar-refractivity contribution >= 4 is 21.5 Å². The number of nitrogens with zero attached hydrogens (tertiary/aromatic N) is 1. The summed E-state index contributed by atoms with van der Waals surface area (Å²) in [4.78, 5) is 4.36. The number of nitrogens with one attached hydrogen (secondary N) is 2. The quantitative estimate of drug-likeness (QED) is 0.636. The van der Waals surface area contributed by atoms with Gasteiger partial charge in [0.1, 0.15) is 5.82 Å². The highest BCUT2D eigenvalue weighted by Gasteiger charge is 2.20. The van der Waals surface area contributed by atoms with Gasteiger partial charge in [-0.1, -0.05) is 30.3 Å². The lowest BCUT2D eigenvalue weighted by molar-refractivity contribution is 0.174. The van der Waals surface area contributed by atoms with Crippen molar-refractivity contribution in [2.45, 2.75) is 11.3 Å². The van der Waals surface area contributed by atoms with E-state index in [1.54, 1.807) is 18.2 Å². The molecule has 8 heteroatoms. The summed E-state index contributed by atoms with van der Waals surface area (Å²) in [5.74, 6) is 1.63. The second kappa shape index (κ2) is 7.77. The number of ether oxygens (including phenoxy) is 2. The molecule has 0 bridgehead atoms. The highest BCUT2D eigenvalue weighted by Crippen LogP contribution is 2.34. The first-order valence-electron chi connectivity index (χ1n) is 8.76. The minimum Gasteiger partial charge on any atom is -0.454 e. The standard InChI is InChI=1S/C20H19N3O4S/c24-28(25,17-7-8-18-19(12-17)27-14-26-18)23-16-6-9-20(22-13-16)21-11-10-15-4-2-1-3-5-15/h1-9,12-13,23H,10-11,14H2,(H,21,22). The number of anilines is 2. The Hall–Kier alpha value is -3.26. The fourth-order valence-corrected chi connectivity index (χ4v) is 3.85. The lowest BCUT2D eigenvalue weighted by Gasteiger charge is -2.10. The monoisotopic (exact) mass is 397 g/mol. The van der Waals surface area contributed by atoms with Gasteiger partial charge in [0.15, 0.2) is 11.5 Å². The molecule has 0 radical (unpaired) electrons. The van der Waals surface area contributed by atoms with E-state index in [1.807, 2.05) is 18.2 Å². The van der Waals surface area contributed by atoms with Crippen LogP contribution in [0.25, 0.3) is 0 Å². The minimum atomic E-state index is -3.75. The third-order valence-corrected chi connectivity index (χ3v) is 5.61. The largest absolute Gasteiger partial charge is 0.454 e. The van der Waals surface area contributed by atoms with Gasteiger partial charge in [-0.25, -0.2) is 13.4 Å². The third kappa shape index (κ3) is 4.17. The summed E-state index contributed by atoms with van der Waals surface area (Å²) in [7, 11) is -3.75. The molecule has 0 aliphatic carbocycles. The van der Waals surface area contributed by atoms with Crippen LogP contribution < -0.4 is 19.5 Å². The van der Waals surface area contributed by atoms with Gasteiger partial charge in [0.2, 0.25) is 6.79 Å². The minimum absolute atomic E-state index is 0.0922. The number of hydrogen-bond acceptors (Lipinski definition) is 6. The number of fused-ring (bicyclic) bond motifs is 1. The Morgan fingerprint density at radius 2 is 1.79 bits per heavy atom. The van der Waals surface area contributed by atoms with Crippen molar-refractivity contribution in [1.82, 2.24) is 4.98 Å². The summed E-state index contributed by atoms with van der Waals surface area (Å²) in [6.45, 7) is 0.828. The van der Waals surface area contributed by atoms with Crippen LogP contribution in [-0.4, -0.2) is 26.7 Å². The summed E-state index contributed by atoms with van der Waals surface area (Å²) in [6.07, 6.45) is 2.36. The maximum absolute atomic E-state index is 12.6. The molecule has 1 aromatic heterocycles. The van der Waals surface area contributed by atoms with Gasteiger partial charge >= 0.3 is 0 Å². The maximum Gasteiger partial charge on any atom is 0.262 e.